The first-order chi connectivity index (χ1) is 42.3. The fraction of sp³-hybridized carbons (Fsp3) is 0.556. The molecule has 33 nitrogen and oxygen atoms in total. The van der Waals surface area contributed by atoms with Gasteiger partial charge in [-0.05, 0) is 55.4 Å². The van der Waals surface area contributed by atoms with E-state index in [2.05, 4.69) is 47.5 Å². The van der Waals surface area contributed by atoms with Gasteiger partial charge in [-0.2, -0.15) is 0 Å². The van der Waals surface area contributed by atoms with E-state index < -0.39 is 176 Å². The summed E-state index contributed by atoms with van der Waals surface area (Å²) in [6.45, 7) is -1.89. The number of hydrogen-bond acceptors (Lipinski definition) is 22. The molecule has 89 heavy (non-hydrogen) atoms. The Morgan fingerprint density at radius 1 is 0.742 bits per heavy atom. The summed E-state index contributed by atoms with van der Waals surface area (Å²) in [5.74, 6) is -11.0. The van der Waals surface area contributed by atoms with Crippen LogP contribution in [0.25, 0.3) is 0 Å². The van der Waals surface area contributed by atoms with Crippen LogP contribution in [-0.2, 0) is 75.1 Å². The van der Waals surface area contributed by atoms with Crippen molar-refractivity contribution in [3.63, 3.8) is 0 Å². The molecule has 2 aromatic rings. The third-order valence-electron chi connectivity index (χ3n) is 14.2. The highest BCUT2D eigenvalue weighted by molar-refractivity contribution is 8.76. The van der Waals surface area contributed by atoms with Crippen molar-refractivity contribution in [1.82, 2.24) is 47.4 Å². The van der Waals surface area contributed by atoms with Crippen LogP contribution >= 0.6 is 21.6 Å². The maximum atomic E-state index is 14.8. The first kappa shape index (κ1) is 71.8. The third-order valence-corrected chi connectivity index (χ3v) is 16.6. The number of rotatable bonds is 24. The fourth-order valence-corrected chi connectivity index (χ4v) is 11.7. The molecule has 0 aromatic heterocycles. The number of ether oxygens (including phenoxy) is 2. The second-order valence-corrected chi connectivity index (χ2v) is 23.6. The molecule has 0 radical (unpaired) electrons. The molecule has 11 amide bonds. The van der Waals surface area contributed by atoms with Crippen molar-refractivity contribution in [3.8, 4) is 5.75 Å². The van der Waals surface area contributed by atoms with Crippen LogP contribution in [0, 0.1) is 0 Å². The van der Waals surface area contributed by atoms with Gasteiger partial charge in [-0.25, -0.2) is 0 Å². The van der Waals surface area contributed by atoms with Gasteiger partial charge in [0.2, 0.25) is 65.0 Å². The molecular weight excluding hydrogens is 1210 g/mol. The number of nitrogens with two attached hydrogens (primary N) is 5. The van der Waals surface area contributed by atoms with Crippen LogP contribution in [0.3, 0.4) is 0 Å². The van der Waals surface area contributed by atoms with Crippen molar-refractivity contribution >= 4 is 92.5 Å². The van der Waals surface area contributed by atoms with E-state index in [0.717, 1.165) is 26.5 Å². The lowest BCUT2D eigenvalue weighted by atomic mass is 9.99. The Morgan fingerprint density at radius 3 is 1.99 bits per heavy atom. The molecule has 35 heteroatoms. The normalized spacial score (nSPS) is 26.1. The number of guanidine groups is 1. The van der Waals surface area contributed by atoms with Gasteiger partial charge in [-0.15, -0.1) is 0 Å². The zero-order valence-corrected chi connectivity index (χ0v) is 50.0. The molecule has 5 rings (SSSR count). The highest BCUT2D eigenvalue weighted by atomic mass is 33.1. The summed E-state index contributed by atoms with van der Waals surface area (Å²) in [6.07, 6.45) is -9.86. The zero-order chi connectivity index (χ0) is 65.3. The van der Waals surface area contributed by atoms with Gasteiger partial charge in [-0.1, -0.05) is 64.1 Å². The van der Waals surface area contributed by atoms with Gasteiger partial charge in [-0.3, -0.25) is 57.7 Å². The SMILES string of the molecule is NC(=O)CNC(=O)[C@H](CCCN=C(N)N)NC(=O)[C@@H]1CCCN1C(=O)[C@@H]1CSSC[C@H](N)C(=O)N[C@@H](Cc2ccc(O)cc2)C(=O)N[C@@H](Cc2ccccc2)C(=O)N[C@@H](CCC(=O)NCCO[C@@H]2O[C@H](CO)[C@@H](O)[C@H](O)[C@H]2O)C(=O)N[C@@H](CC(N)=O)C(=O)N1. The second-order valence-electron chi connectivity index (χ2n) is 21.1. The average Bonchev–Trinajstić information content (AvgIpc) is 2.48. The number of aliphatic hydroxyl groups excluding tert-OH is 4. The number of benzene rings is 2. The smallest absolute Gasteiger partial charge is 0.246 e. The van der Waals surface area contributed by atoms with Crippen molar-refractivity contribution in [1.29, 1.82) is 0 Å². The van der Waals surface area contributed by atoms with E-state index in [0.29, 0.717) is 11.1 Å². The lowest BCUT2D eigenvalue weighted by molar-refractivity contribution is -0.300. The number of nitrogens with zero attached hydrogens (tertiary/aromatic N) is 2. The van der Waals surface area contributed by atoms with Crippen LogP contribution < -0.4 is 71.2 Å². The molecular formula is C54H79N15O18S2. The van der Waals surface area contributed by atoms with Gasteiger partial charge in [0.05, 0.1) is 32.2 Å². The number of carbonyl (C=O) groups excluding carboxylic acids is 11. The Balaban J connectivity index is 1.47. The van der Waals surface area contributed by atoms with E-state index in [4.69, 9.17) is 38.1 Å². The average molecular weight is 1290 g/mol. The van der Waals surface area contributed by atoms with Crippen molar-refractivity contribution in [3.05, 3.63) is 65.7 Å². The van der Waals surface area contributed by atoms with Gasteiger partial charge < -0.3 is 111 Å². The van der Waals surface area contributed by atoms with Crippen molar-refractivity contribution in [2.75, 3.05) is 50.9 Å². The quantitative estimate of drug-likeness (QED) is 0.0201. The third kappa shape index (κ3) is 23.2. The highest BCUT2D eigenvalue weighted by Gasteiger charge is 2.45. The minimum absolute atomic E-state index is 0.0295. The number of hydrogen-bond donors (Lipinski definition) is 18. The van der Waals surface area contributed by atoms with Crippen LogP contribution in [0.5, 0.6) is 5.75 Å². The van der Waals surface area contributed by atoms with Gasteiger partial charge in [0.1, 0.15) is 72.5 Å². The number of aliphatic hydroxyl groups is 4. The largest absolute Gasteiger partial charge is 0.508 e. The minimum Gasteiger partial charge on any atom is -0.508 e. The predicted octanol–water partition coefficient (Wildman–Crippen LogP) is -7.96. The molecule has 0 saturated carbocycles. The molecule has 3 aliphatic rings. The van der Waals surface area contributed by atoms with Gasteiger partial charge in [0.15, 0.2) is 12.2 Å². The van der Waals surface area contributed by atoms with E-state index in [1.807, 2.05) is 0 Å². The number of likely N-dealkylation sites (tertiary alicyclic amines) is 1. The number of phenols is 1. The Labute approximate surface area is 518 Å². The van der Waals surface area contributed by atoms with E-state index in [9.17, 15) is 78.3 Å². The van der Waals surface area contributed by atoms with E-state index in [1.54, 1.807) is 30.3 Å². The van der Waals surface area contributed by atoms with Crippen LogP contribution in [0.4, 0.5) is 0 Å². The number of phenolic OH excluding ortho intramolecular Hbond substituents is 1. The molecule has 13 atom stereocenters. The number of nitrogens with one attached hydrogen (secondary N) is 8. The first-order valence-electron chi connectivity index (χ1n) is 28.4. The molecule has 490 valence electrons. The Bertz CT molecular complexity index is 2810. The summed E-state index contributed by atoms with van der Waals surface area (Å²) in [6, 6.07) is 1.99. The predicted molar refractivity (Wildman–Crippen MR) is 319 cm³/mol. The number of aliphatic imine (C=N–C) groups is 1. The Morgan fingerprint density at radius 2 is 1.35 bits per heavy atom. The lowest BCUT2D eigenvalue weighted by Gasteiger charge is -2.39. The molecule has 3 aliphatic heterocycles. The topological polar surface area (TPSA) is 549 Å². The lowest BCUT2D eigenvalue weighted by Crippen LogP contribution is -2.61. The molecule has 3 heterocycles. The minimum atomic E-state index is -1.89. The highest BCUT2D eigenvalue weighted by Crippen LogP contribution is 2.27. The molecule has 0 spiro atoms. The molecule has 0 aliphatic carbocycles. The summed E-state index contributed by atoms with van der Waals surface area (Å²) in [4.78, 5) is 157. The van der Waals surface area contributed by atoms with Crippen LogP contribution in [0.2, 0.25) is 0 Å². The van der Waals surface area contributed by atoms with Crippen LogP contribution in [0.1, 0.15) is 56.1 Å². The first-order valence-corrected chi connectivity index (χ1v) is 30.9. The summed E-state index contributed by atoms with van der Waals surface area (Å²) in [7, 11) is 1.93. The maximum Gasteiger partial charge on any atom is 0.246 e. The molecule has 2 aromatic carbocycles. The molecule has 23 N–H and O–H groups in total. The summed E-state index contributed by atoms with van der Waals surface area (Å²) in [5.41, 5.74) is 29.1. The van der Waals surface area contributed by atoms with Gasteiger partial charge in [0.25, 0.3) is 0 Å². The zero-order valence-electron chi connectivity index (χ0n) is 48.4. The Hall–Kier alpha value is -7.90. The van der Waals surface area contributed by atoms with E-state index in [1.165, 1.54) is 24.3 Å². The van der Waals surface area contributed by atoms with Gasteiger partial charge in [0, 0.05) is 50.4 Å². The number of amides is 11. The number of aromatic hydroxyl groups is 1. The van der Waals surface area contributed by atoms with Crippen LogP contribution in [0.15, 0.2) is 59.6 Å². The number of carbonyl (C=O) groups is 11. The molecule has 3 fully saturated rings. The second kappa shape index (κ2) is 35.9. The molecule has 3 saturated heterocycles. The van der Waals surface area contributed by atoms with E-state index >= 15 is 0 Å². The summed E-state index contributed by atoms with van der Waals surface area (Å²) >= 11 is 0. The maximum absolute atomic E-state index is 14.8. The molecule has 0 bridgehead atoms. The number of primary amides is 2. The summed E-state index contributed by atoms with van der Waals surface area (Å²) in [5, 5.41) is 70.5. The fourth-order valence-electron chi connectivity index (χ4n) is 9.45. The van der Waals surface area contributed by atoms with Crippen molar-refractivity contribution < 1.29 is 87.7 Å². The van der Waals surface area contributed by atoms with E-state index in [-0.39, 0.29) is 88.0 Å². The van der Waals surface area contributed by atoms with Gasteiger partial charge >= 0.3 is 0 Å². The van der Waals surface area contributed by atoms with Crippen molar-refractivity contribution in [2.45, 2.75) is 137 Å². The standard InChI is InChI=1S/C54H79N15O18S2/c55-30-25-88-89-26-36(52(85)69-18-5-9-37(69)51(84)64-31(8-4-16-61-54(58)59)46(79)62-23-40(57)73)68-50(83)35(22-39(56)72)67-47(80)32(14-15-41(74)60-17-19-86-53-44(77)43(76)42(75)38(24-70)87-53)63-48(81)34(20-27-6-2-1-3-7-27)66-49(82)33(65-45(30)78)21-28-10-12-29(71)13-11-28/h1-3,6-7,10-13,30-38,42-44,53,70-71,75-77H,4-5,8-9,14-26,55H2,(H2,56,72)(H2,57,73)(H,60,74)(H,62,79)(H,63,81)(H,64,84)(H,65,78)(H,66,82)(H,67,80)(H,68,83)(H4,58,59,61)/t30-,31-,32-,33-,34-,35-,36-,37-,38+,42+,43-,44+,53+/m0/s1. The Kier molecular flexibility index (Phi) is 29.0. The van der Waals surface area contributed by atoms with Crippen LogP contribution in [-0.4, -0.2) is 231 Å². The summed E-state index contributed by atoms with van der Waals surface area (Å²) < 4.78 is 10.8. The molecule has 0 unspecified atom stereocenters. The van der Waals surface area contributed by atoms with Crippen molar-refractivity contribution in [2.24, 2.45) is 33.7 Å². The monoisotopic (exact) mass is 1290 g/mol.